The Morgan fingerprint density at radius 1 is 0.909 bits per heavy atom. The average molecular weight is 330 g/mol. The molecule has 0 heterocycles. The first-order valence-electron chi connectivity index (χ1n) is 9.76. The minimum absolute atomic E-state index is 0.365. The largest absolute Gasteiger partial charge is 0.247 e. The second kappa shape index (κ2) is 11.8. The SMILES string of the molecule is CCCC(CN(SC(C)(C)CCC)C(CC)CCC)C(C)C. The molecule has 2 atom stereocenters. The number of hydrogen-bond donors (Lipinski definition) is 0. The molecular weight excluding hydrogens is 286 g/mol. The zero-order valence-corrected chi connectivity index (χ0v) is 17.6. The quantitative estimate of drug-likeness (QED) is 0.330. The van der Waals surface area contributed by atoms with Crippen LogP contribution in [0.4, 0.5) is 0 Å². The molecule has 0 aromatic heterocycles. The number of rotatable bonds is 13. The molecule has 0 fully saturated rings. The molecule has 0 aromatic rings. The Morgan fingerprint density at radius 2 is 1.50 bits per heavy atom. The van der Waals surface area contributed by atoms with Crippen LogP contribution in [0.3, 0.4) is 0 Å². The predicted molar refractivity (Wildman–Crippen MR) is 106 cm³/mol. The lowest BCUT2D eigenvalue weighted by atomic mass is 9.91. The van der Waals surface area contributed by atoms with Crippen molar-refractivity contribution in [3.63, 3.8) is 0 Å². The molecule has 0 saturated heterocycles. The third-order valence-electron chi connectivity index (χ3n) is 4.73. The van der Waals surface area contributed by atoms with Crippen LogP contribution in [-0.4, -0.2) is 21.6 Å². The Bertz CT molecular complexity index is 262. The molecule has 0 radical (unpaired) electrons. The summed E-state index contributed by atoms with van der Waals surface area (Å²) in [6.07, 6.45) is 9.17. The first kappa shape index (κ1) is 22.3. The average Bonchev–Trinajstić information content (AvgIpc) is 2.42. The first-order chi connectivity index (χ1) is 10.3. The van der Waals surface area contributed by atoms with Gasteiger partial charge >= 0.3 is 0 Å². The Hall–Kier alpha value is 0.310. The summed E-state index contributed by atoms with van der Waals surface area (Å²) in [7, 11) is 0. The molecule has 0 aromatic carbocycles. The molecule has 0 rings (SSSR count). The summed E-state index contributed by atoms with van der Waals surface area (Å²) in [4.78, 5) is 0. The van der Waals surface area contributed by atoms with Crippen LogP contribution in [0.5, 0.6) is 0 Å². The van der Waals surface area contributed by atoms with Crippen LogP contribution >= 0.6 is 11.9 Å². The molecular formula is C20H43NS. The smallest absolute Gasteiger partial charge is 0.0250 e. The minimum atomic E-state index is 0.365. The van der Waals surface area contributed by atoms with Crippen molar-refractivity contribution >= 4 is 11.9 Å². The molecule has 0 aliphatic rings. The molecule has 1 nitrogen and oxygen atoms in total. The van der Waals surface area contributed by atoms with Crippen LogP contribution in [0.2, 0.25) is 0 Å². The van der Waals surface area contributed by atoms with Gasteiger partial charge in [-0.1, -0.05) is 72.8 Å². The van der Waals surface area contributed by atoms with Gasteiger partial charge in [0.2, 0.25) is 0 Å². The van der Waals surface area contributed by atoms with Crippen molar-refractivity contribution in [1.29, 1.82) is 0 Å². The van der Waals surface area contributed by atoms with Gasteiger partial charge < -0.3 is 0 Å². The van der Waals surface area contributed by atoms with Gasteiger partial charge in [0.05, 0.1) is 0 Å². The predicted octanol–water partition coefficient (Wildman–Crippen LogP) is 7.17. The Balaban J connectivity index is 5.04. The van der Waals surface area contributed by atoms with Gasteiger partial charge in [0.25, 0.3) is 0 Å². The van der Waals surface area contributed by atoms with E-state index in [1.54, 1.807) is 0 Å². The highest BCUT2D eigenvalue weighted by molar-refractivity contribution is 7.98. The molecule has 134 valence electrons. The summed E-state index contributed by atoms with van der Waals surface area (Å²) >= 11 is 2.15. The summed E-state index contributed by atoms with van der Waals surface area (Å²) in [6, 6.07) is 0.740. The number of nitrogens with zero attached hydrogens (tertiary/aromatic N) is 1. The van der Waals surface area contributed by atoms with Crippen LogP contribution < -0.4 is 0 Å². The van der Waals surface area contributed by atoms with Gasteiger partial charge in [-0.05, 0) is 51.4 Å². The molecule has 2 unspecified atom stereocenters. The lowest BCUT2D eigenvalue weighted by Gasteiger charge is -2.39. The van der Waals surface area contributed by atoms with Crippen molar-refractivity contribution < 1.29 is 0 Å². The molecule has 0 N–H and O–H groups in total. The Labute approximate surface area is 146 Å². The van der Waals surface area contributed by atoms with Crippen molar-refractivity contribution in [3.05, 3.63) is 0 Å². The maximum Gasteiger partial charge on any atom is 0.0250 e. The lowest BCUT2D eigenvalue weighted by Crippen LogP contribution is -2.38. The van der Waals surface area contributed by atoms with Gasteiger partial charge in [-0.3, -0.25) is 0 Å². The molecule has 22 heavy (non-hydrogen) atoms. The fraction of sp³-hybridized carbons (Fsp3) is 1.00. The van der Waals surface area contributed by atoms with E-state index >= 15 is 0 Å². The van der Waals surface area contributed by atoms with E-state index in [4.69, 9.17) is 0 Å². The van der Waals surface area contributed by atoms with Crippen molar-refractivity contribution in [1.82, 2.24) is 4.31 Å². The number of hydrogen-bond acceptors (Lipinski definition) is 2. The van der Waals surface area contributed by atoms with Crippen LogP contribution in [0, 0.1) is 11.8 Å². The first-order valence-corrected chi connectivity index (χ1v) is 10.5. The molecule has 0 spiro atoms. The Morgan fingerprint density at radius 3 is 1.91 bits per heavy atom. The normalized spacial score (nSPS) is 15.5. The summed E-state index contributed by atoms with van der Waals surface area (Å²) < 4.78 is 3.14. The third-order valence-corrected chi connectivity index (χ3v) is 6.11. The van der Waals surface area contributed by atoms with Crippen molar-refractivity contribution in [3.8, 4) is 0 Å². The van der Waals surface area contributed by atoms with E-state index in [2.05, 4.69) is 71.6 Å². The van der Waals surface area contributed by atoms with Gasteiger partial charge in [0, 0.05) is 17.3 Å². The summed E-state index contributed by atoms with van der Waals surface area (Å²) in [6.45, 7) is 20.3. The van der Waals surface area contributed by atoms with Crippen molar-refractivity contribution in [2.75, 3.05) is 6.54 Å². The van der Waals surface area contributed by atoms with E-state index in [0.717, 1.165) is 17.9 Å². The second-order valence-corrected chi connectivity index (χ2v) is 9.60. The van der Waals surface area contributed by atoms with E-state index in [1.807, 2.05) is 0 Å². The lowest BCUT2D eigenvalue weighted by molar-refractivity contribution is 0.231. The molecule has 0 bridgehead atoms. The molecule has 0 amide bonds. The van der Waals surface area contributed by atoms with E-state index in [1.165, 1.54) is 51.5 Å². The van der Waals surface area contributed by atoms with Crippen LogP contribution in [0.1, 0.15) is 100 Å². The fourth-order valence-electron chi connectivity index (χ4n) is 3.35. The summed E-state index contributed by atoms with van der Waals surface area (Å²) in [5.41, 5.74) is 0. The van der Waals surface area contributed by atoms with Crippen LogP contribution in [-0.2, 0) is 0 Å². The molecule has 0 aliphatic heterocycles. The standard InChI is InChI=1S/C20H43NS/c1-9-13-18(17(5)6)16-21(19(12-4)14-10-2)22-20(7,8)15-11-3/h17-19H,9-16H2,1-8H3. The van der Waals surface area contributed by atoms with Crippen LogP contribution in [0.15, 0.2) is 0 Å². The van der Waals surface area contributed by atoms with Gasteiger partial charge in [0.15, 0.2) is 0 Å². The van der Waals surface area contributed by atoms with E-state index in [0.29, 0.717) is 4.75 Å². The second-order valence-electron chi connectivity index (χ2n) is 7.84. The van der Waals surface area contributed by atoms with Gasteiger partial charge in [-0.25, -0.2) is 4.31 Å². The molecule has 0 aliphatic carbocycles. The molecule has 0 saturated carbocycles. The summed E-state index contributed by atoms with van der Waals surface area (Å²) in [5.74, 6) is 1.62. The molecule has 2 heteroatoms. The maximum atomic E-state index is 2.78. The van der Waals surface area contributed by atoms with E-state index in [-0.39, 0.29) is 0 Å². The highest BCUT2D eigenvalue weighted by atomic mass is 32.2. The monoisotopic (exact) mass is 329 g/mol. The van der Waals surface area contributed by atoms with E-state index in [9.17, 15) is 0 Å². The van der Waals surface area contributed by atoms with Gasteiger partial charge in [0.1, 0.15) is 0 Å². The van der Waals surface area contributed by atoms with Crippen molar-refractivity contribution in [2.45, 2.75) is 111 Å². The van der Waals surface area contributed by atoms with Crippen LogP contribution in [0.25, 0.3) is 0 Å². The minimum Gasteiger partial charge on any atom is -0.247 e. The van der Waals surface area contributed by atoms with Gasteiger partial charge in [-0.2, -0.15) is 0 Å². The Kier molecular flexibility index (Phi) is 12.0. The topological polar surface area (TPSA) is 3.24 Å². The highest BCUT2D eigenvalue weighted by Gasteiger charge is 2.28. The summed E-state index contributed by atoms with van der Waals surface area (Å²) in [5, 5.41) is 0. The fourth-order valence-corrected chi connectivity index (χ4v) is 4.95. The van der Waals surface area contributed by atoms with E-state index < -0.39 is 0 Å². The maximum absolute atomic E-state index is 2.78. The third kappa shape index (κ3) is 8.82. The zero-order chi connectivity index (χ0) is 17.2. The van der Waals surface area contributed by atoms with Gasteiger partial charge in [-0.15, -0.1) is 0 Å². The van der Waals surface area contributed by atoms with Crippen molar-refractivity contribution in [2.24, 2.45) is 11.8 Å². The zero-order valence-electron chi connectivity index (χ0n) is 16.7. The highest BCUT2D eigenvalue weighted by Crippen LogP contribution is 2.37.